The van der Waals surface area contributed by atoms with E-state index < -0.39 is 54.0 Å². The van der Waals surface area contributed by atoms with Crippen LogP contribution in [0.25, 0.3) is 11.2 Å². The number of halogens is 1. The van der Waals surface area contributed by atoms with Gasteiger partial charge in [0.1, 0.15) is 36.4 Å². The second-order valence-electron chi connectivity index (χ2n) is 11.1. The molecule has 17 nitrogen and oxygen atoms in total. The van der Waals surface area contributed by atoms with E-state index in [-0.39, 0.29) is 29.3 Å². The number of nitrogens with zero attached hydrogens (tertiary/aromatic N) is 5. The van der Waals surface area contributed by atoms with Crippen molar-refractivity contribution in [2.45, 2.75) is 50.7 Å². The third kappa shape index (κ3) is 8.11. The average Bonchev–Trinajstić information content (AvgIpc) is 3.54. The van der Waals surface area contributed by atoms with E-state index in [2.05, 4.69) is 24.9 Å². The fraction of sp³-hybridized carbons (Fsp3) is 0.357. The fourth-order valence-electron chi connectivity index (χ4n) is 4.73. The summed E-state index contributed by atoms with van der Waals surface area (Å²) in [6, 6.07) is 13.5. The van der Waals surface area contributed by atoms with Crippen molar-refractivity contribution in [2.75, 3.05) is 18.3 Å². The number of benzene rings is 2. The van der Waals surface area contributed by atoms with E-state index in [1.54, 1.807) is 24.3 Å². The predicted molar refractivity (Wildman–Crippen MR) is 172 cm³/mol. The molecule has 0 radical (unpaired) electrons. The van der Waals surface area contributed by atoms with Gasteiger partial charge in [-0.2, -0.15) is 5.09 Å². The molecule has 0 amide bonds. The maximum atomic E-state index is 14.2. The molecule has 20 heteroatoms. The van der Waals surface area contributed by atoms with Gasteiger partial charge in [0, 0.05) is 12.1 Å². The number of carbonyl (C=O) groups excluding carboxylic acids is 1. The van der Waals surface area contributed by atoms with Crippen LogP contribution in [0.3, 0.4) is 0 Å². The second kappa shape index (κ2) is 14.0. The highest BCUT2D eigenvalue weighted by molar-refractivity contribution is 7.88. The highest BCUT2D eigenvalue weighted by atomic mass is 35.5. The predicted octanol–water partition coefficient (Wildman–Crippen LogP) is 2.27. The lowest BCUT2D eigenvalue weighted by atomic mass is 9.99. The number of rotatable bonds is 13. The van der Waals surface area contributed by atoms with Crippen molar-refractivity contribution in [1.29, 1.82) is 0 Å². The molecule has 1 aliphatic rings. The number of aromatic nitrogens is 4. The second-order valence-corrected chi connectivity index (χ2v) is 14.9. The molecule has 4 aromatic rings. The molecule has 2 aromatic carbocycles. The number of aliphatic hydroxyl groups excluding tert-OH is 1. The van der Waals surface area contributed by atoms with Gasteiger partial charge in [-0.3, -0.25) is 18.9 Å². The molecule has 0 aliphatic carbocycles. The zero-order valence-corrected chi connectivity index (χ0v) is 28.5. The van der Waals surface area contributed by atoms with Crippen LogP contribution in [0, 0.1) is 0 Å². The molecule has 1 fully saturated rings. The lowest BCUT2D eigenvalue weighted by Gasteiger charge is -2.27. The van der Waals surface area contributed by atoms with Gasteiger partial charge in [-0.15, -0.1) is 4.83 Å². The number of imidazole rings is 1. The van der Waals surface area contributed by atoms with Crippen LogP contribution >= 0.6 is 19.3 Å². The Morgan fingerprint density at radius 1 is 1.19 bits per heavy atom. The summed E-state index contributed by atoms with van der Waals surface area (Å²) in [4.78, 5) is 27.7. The van der Waals surface area contributed by atoms with Crippen molar-refractivity contribution in [3.63, 3.8) is 0 Å². The molecular weight excluding hydrogens is 693 g/mol. The van der Waals surface area contributed by atoms with Crippen LogP contribution in [0.2, 0.25) is 5.02 Å². The Kier molecular flexibility index (Phi) is 10.4. The molecule has 4 N–H and O–H groups in total. The molecule has 0 bridgehead atoms. The Morgan fingerprint density at radius 2 is 1.88 bits per heavy atom. The Morgan fingerprint density at radius 3 is 2.54 bits per heavy atom. The number of aliphatic hydroxyl groups is 2. The van der Waals surface area contributed by atoms with Crippen molar-refractivity contribution in [1.82, 2.24) is 29.4 Å². The zero-order chi connectivity index (χ0) is 34.9. The lowest BCUT2D eigenvalue weighted by Crippen LogP contribution is -2.44. The SMILES string of the molecule is C[C@H](NP(=O)(Oc1ccc(Cl)cc1)OC1O[C@@H](n2cnc3c(N(C)NS(C)(=O)=O)ncnc32)[C@](C)(O)C1O)C(=O)OCc1ccccc1. The van der Waals surface area contributed by atoms with Crippen LogP contribution in [0.1, 0.15) is 25.6 Å². The minimum Gasteiger partial charge on any atom is -0.460 e. The maximum absolute atomic E-state index is 14.2. The smallest absolute Gasteiger partial charge is 0.460 e. The monoisotopic (exact) mass is 725 g/mol. The summed E-state index contributed by atoms with van der Waals surface area (Å²) in [6.45, 7) is 2.58. The van der Waals surface area contributed by atoms with Crippen molar-refractivity contribution >= 4 is 52.3 Å². The van der Waals surface area contributed by atoms with Gasteiger partial charge in [-0.1, -0.05) is 41.9 Å². The Balaban J connectivity index is 1.39. The van der Waals surface area contributed by atoms with Gasteiger partial charge in [0.15, 0.2) is 23.2 Å². The molecule has 6 atom stereocenters. The van der Waals surface area contributed by atoms with Crippen molar-refractivity contribution < 1.29 is 46.5 Å². The number of nitrogens with one attached hydrogen (secondary N) is 2. The molecule has 1 aliphatic heterocycles. The van der Waals surface area contributed by atoms with Crippen LogP contribution in [-0.2, 0) is 40.0 Å². The summed E-state index contributed by atoms with van der Waals surface area (Å²) in [7, 11) is -6.87. The summed E-state index contributed by atoms with van der Waals surface area (Å²) >= 11 is 5.98. The third-order valence-electron chi connectivity index (χ3n) is 7.04. The summed E-state index contributed by atoms with van der Waals surface area (Å²) in [5, 5.41) is 26.6. The summed E-state index contributed by atoms with van der Waals surface area (Å²) < 4.78 is 61.7. The van der Waals surface area contributed by atoms with Crippen LogP contribution in [-0.4, -0.2) is 81.5 Å². The van der Waals surface area contributed by atoms with E-state index in [1.807, 2.05) is 6.07 Å². The third-order valence-corrected chi connectivity index (χ3v) is 9.54. The molecule has 48 heavy (non-hydrogen) atoms. The van der Waals surface area contributed by atoms with Crippen molar-refractivity contribution in [3.8, 4) is 5.75 Å². The van der Waals surface area contributed by atoms with Crippen LogP contribution in [0.4, 0.5) is 5.82 Å². The van der Waals surface area contributed by atoms with Gasteiger partial charge in [0.2, 0.25) is 16.3 Å². The maximum Gasteiger partial charge on any atom is 0.461 e. The largest absolute Gasteiger partial charge is 0.461 e. The summed E-state index contributed by atoms with van der Waals surface area (Å²) in [5.41, 5.74) is -1.16. The molecule has 0 saturated carbocycles. The number of anilines is 1. The van der Waals surface area contributed by atoms with Gasteiger partial charge in [-0.05, 0) is 43.7 Å². The number of sulfonamides is 1. The van der Waals surface area contributed by atoms with E-state index in [0.717, 1.165) is 23.2 Å². The number of hydrogen-bond donors (Lipinski definition) is 4. The minimum absolute atomic E-state index is 0.0348. The van der Waals surface area contributed by atoms with Crippen molar-refractivity contribution in [3.05, 3.63) is 77.8 Å². The number of hydrogen-bond acceptors (Lipinski definition) is 14. The standard InChI is InChI=1S/C28H33ClN7O10PS/c1-17(25(38)43-14-18-8-6-5-7-9-18)33-47(40,45-20-12-10-19(29)11-13-20)46-26-22(37)28(2,39)27(44-26)36-16-32-21-23(30-15-31-24(21)36)35(3)34-48(4,41)42/h5-13,15-17,22,26-27,34,37,39H,14H2,1-4H3,(H,33,40)/t17-,22?,26?,27+,28+,47?/m0/s1. The molecule has 1 saturated heterocycles. The van der Waals surface area contributed by atoms with E-state index in [0.29, 0.717) is 5.02 Å². The number of esters is 1. The lowest BCUT2D eigenvalue weighted by molar-refractivity contribution is -0.147. The van der Waals surface area contributed by atoms with Gasteiger partial charge >= 0.3 is 13.7 Å². The van der Waals surface area contributed by atoms with Crippen LogP contribution in [0.15, 0.2) is 67.3 Å². The number of ether oxygens (including phenoxy) is 2. The molecule has 3 unspecified atom stereocenters. The first kappa shape index (κ1) is 35.6. The van der Waals surface area contributed by atoms with E-state index in [1.165, 1.54) is 56.1 Å². The number of fused-ring (bicyclic) bond motifs is 1. The highest BCUT2D eigenvalue weighted by Gasteiger charge is 2.56. The van der Waals surface area contributed by atoms with Crippen molar-refractivity contribution in [2.24, 2.45) is 0 Å². The summed E-state index contributed by atoms with van der Waals surface area (Å²) in [5.74, 6) is -0.670. The minimum atomic E-state index is -4.61. The Bertz CT molecular complexity index is 1920. The topological polar surface area (TPSA) is 217 Å². The highest BCUT2D eigenvalue weighted by Crippen LogP contribution is 2.51. The van der Waals surface area contributed by atoms with E-state index >= 15 is 0 Å². The van der Waals surface area contributed by atoms with E-state index in [9.17, 15) is 28.0 Å². The number of hydrazine groups is 1. The van der Waals surface area contributed by atoms with Gasteiger partial charge in [-0.25, -0.2) is 27.9 Å². The first-order valence-corrected chi connectivity index (χ1v) is 18.0. The molecule has 5 rings (SSSR count). The Hall–Kier alpha value is -3.71. The first-order valence-electron chi connectivity index (χ1n) is 14.2. The molecule has 2 aromatic heterocycles. The zero-order valence-electron chi connectivity index (χ0n) is 26.0. The average molecular weight is 726 g/mol. The summed E-state index contributed by atoms with van der Waals surface area (Å²) in [6.07, 6.45) is -1.73. The fourth-order valence-corrected chi connectivity index (χ4v) is 7.02. The molecule has 258 valence electrons. The van der Waals surface area contributed by atoms with Crippen LogP contribution in [0.5, 0.6) is 5.75 Å². The molecule has 0 spiro atoms. The number of carbonyl (C=O) groups is 1. The normalized spacial score (nSPS) is 23.0. The molecular formula is C28H33ClN7O10PS. The van der Waals surface area contributed by atoms with Crippen LogP contribution < -0.4 is 19.5 Å². The van der Waals surface area contributed by atoms with Gasteiger partial charge < -0.3 is 24.2 Å². The van der Waals surface area contributed by atoms with Gasteiger partial charge in [0.05, 0.1) is 12.6 Å². The Labute approximate surface area is 280 Å². The van der Waals surface area contributed by atoms with Gasteiger partial charge in [0.25, 0.3) is 0 Å². The first-order chi connectivity index (χ1) is 22.6. The van der Waals surface area contributed by atoms with E-state index in [4.69, 9.17) is 30.1 Å². The molecule has 3 heterocycles. The quantitative estimate of drug-likeness (QED) is 0.0883.